The highest BCUT2D eigenvalue weighted by molar-refractivity contribution is 6.32. The van der Waals surface area contributed by atoms with E-state index in [4.69, 9.17) is 11.6 Å². The zero-order valence-electron chi connectivity index (χ0n) is 10.5. The van der Waals surface area contributed by atoms with Crippen molar-refractivity contribution in [3.8, 4) is 0 Å². The van der Waals surface area contributed by atoms with Crippen LogP contribution < -0.4 is 5.32 Å². The zero-order valence-corrected chi connectivity index (χ0v) is 11.2. The maximum Gasteiger partial charge on any atom is 0.249 e. The monoisotopic (exact) mass is 275 g/mol. The molecule has 1 aromatic carbocycles. The van der Waals surface area contributed by atoms with Crippen molar-refractivity contribution in [2.24, 2.45) is 0 Å². The molecule has 0 bridgehead atoms. The van der Waals surface area contributed by atoms with Gasteiger partial charge < -0.3 is 5.32 Å². The lowest BCUT2D eigenvalue weighted by Gasteiger charge is -2.01. The van der Waals surface area contributed by atoms with Gasteiger partial charge in [-0.1, -0.05) is 36.7 Å². The fourth-order valence-corrected chi connectivity index (χ4v) is 1.83. The van der Waals surface area contributed by atoms with Gasteiger partial charge in [0.05, 0.1) is 6.20 Å². The summed E-state index contributed by atoms with van der Waals surface area (Å²) in [5, 5.41) is 10.0. The molecule has 2 aromatic rings. The fraction of sp³-hybridized carbons (Fsp3) is 0.143. The van der Waals surface area contributed by atoms with Crippen LogP contribution in [0.2, 0.25) is 5.02 Å². The standard InChI is InChI=1S/C14H14ClN3O/c1-2-10-9-16-18-14(10)17-13(19)8-7-11-5-3-4-6-12(11)15/h3-9H,2H2,1H3,(H2,16,17,18,19)/b8-7+. The molecule has 0 aliphatic heterocycles. The highest BCUT2D eigenvalue weighted by atomic mass is 35.5. The van der Waals surface area contributed by atoms with Crippen LogP contribution in [0.1, 0.15) is 18.1 Å². The van der Waals surface area contributed by atoms with Crippen molar-refractivity contribution in [2.45, 2.75) is 13.3 Å². The van der Waals surface area contributed by atoms with Crippen molar-refractivity contribution in [1.29, 1.82) is 0 Å². The normalized spacial score (nSPS) is 10.8. The van der Waals surface area contributed by atoms with Gasteiger partial charge in [0.15, 0.2) is 0 Å². The van der Waals surface area contributed by atoms with Gasteiger partial charge in [-0.3, -0.25) is 9.89 Å². The second-order valence-electron chi connectivity index (χ2n) is 3.97. The number of hydrogen-bond acceptors (Lipinski definition) is 2. The van der Waals surface area contributed by atoms with Gasteiger partial charge in [0.25, 0.3) is 0 Å². The van der Waals surface area contributed by atoms with E-state index in [1.165, 1.54) is 6.08 Å². The molecule has 0 aliphatic carbocycles. The molecule has 4 nitrogen and oxygen atoms in total. The van der Waals surface area contributed by atoms with Crippen LogP contribution in [-0.2, 0) is 11.2 Å². The lowest BCUT2D eigenvalue weighted by Crippen LogP contribution is -2.09. The molecule has 0 saturated carbocycles. The topological polar surface area (TPSA) is 57.8 Å². The second-order valence-corrected chi connectivity index (χ2v) is 4.38. The fourth-order valence-electron chi connectivity index (χ4n) is 1.63. The Balaban J connectivity index is 2.04. The summed E-state index contributed by atoms with van der Waals surface area (Å²) in [6.07, 6.45) is 5.63. The first-order valence-electron chi connectivity index (χ1n) is 5.96. The summed E-state index contributed by atoms with van der Waals surface area (Å²) in [6.45, 7) is 2.00. The van der Waals surface area contributed by atoms with Crippen LogP contribution in [0, 0.1) is 0 Å². The first-order valence-corrected chi connectivity index (χ1v) is 6.34. The van der Waals surface area contributed by atoms with Gasteiger partial charge >= 0.3 is 0 Å². The van der Waals surface area contributed by atoms with Crippen molar-refractivity contribution in [1.82, 2.24) is 10.2 Å². The highest BCUT2D eigenvalue weighted by Crippen LogP contribution is 2.16. The van der Waals surface area contributed by atoms with E-state index in [1.807, 2.05) is 25.1 Å². The van der Waals surface area contributed by atoms with Crippen LogP contribution in [0.5, 0.6) is 0 Å². The molecule has 5 heteroatoms. The van der Waals surface area contributed by atoms with Crippen molar-refractivity contribution in [2.75, 3.05) is 5.32 Å². The Labute approximate surface area is 116 Å². The smallest absolute Gasteiger partial charge is 0.249 e. The molecule has 0 unspecified atom stereocenters. The number of nitrogens with zero attached hydrogens (tertiary/aromatic N) is 1. The molecule has 0 fully saturated rings. The molecule has 0 saturated heterocycles. The number of carbonyl (C=O) groups excluding carboxylic acids is 1. The molecule has 0 radical (unpaired) electrons. The second kappa shape index (κ2) is 6.20. The van der Waals surface area contributed by atoms with Gasteiger partial charge in [-0.05, 0) is 24.1 Å². The number of amides is 1. The Bertz CT molecular complexity index is 604. The molecule has 2 N–H and O–H groups in total. The Kier molecular flexibility index (Phi) is 4.36. The Hall–Kier alpha value is -2.07. The third-order valence-electron chi connectivity index (χ3n) is 2.67. The predicted molar refractivity (Wildman–Crippen MR) is 77.1 cm³/mol. The van der Waals surface area contributed by atoms with Gasteiger partial charge in [0.2, 0.25) is 5.91 Å². The summed E-state index contributed by atoms with van der Waals surface area (Å²) in [7, 11) is 0. The number of rotatable bonds is 4. The van der Waals surface area contributed by atoms with E-state index in [0.29, 0.717) is 10.8 Å². The van der Waals surface area contributed by atoms with Gasteiger partial charge in [0.1, 0.15) is 5.82 Å². The Morgan fingerprint density at radius 1 is 1.47 bits per heavy atom. The van der Waals surface area contributed by atoms with Gasteiger partial charge in [-0.2, -0.15) is 5.10 Å². The highest BCUT2D eigenvalue weighted by Gasteiger charge is 2.05. The number of aromatic amines is 1. The number of aromatic nitrogens is 2. The van der Waals surface area contributed by atoms with Crippen LogP contribution in [0.15, 0.2) is 36.5 Å². The molecule has 98 valence electrons. The van der Waals surface area contributed by atoms with E-state index in [0.717, 1.165) is 17.5 Å². The van der Waals surface area contributed by atoms with Crippen LogP contribution in [-0.4, -0.2) is 16.1 Å². The minimum Gasteiger partial charge on any atom is -0.307 e. The number of halogens is 1. The van der Waals surface area contributed by atoms with E-state index in [9.17, 15) is 4.79 Å². The summed E-state index contributed by atoms with van der Waals surface area (Å²) >= 11 is 6.00. The molecular weight excluding hydrogens is 262 g/mol. The minimum atomic E-state index is -0.223. The lowest BCUT2D eigenvalue weighted by molar-refractivity contribution is -0.111. The van der Waals surface area contributed by atoms with Crippen molar-refractivity contribution < 1.29 is 4.79 Å². The van der Waals surface area contributed by atoms with Crippen molar-refractivity contribution >= 4 is 29.4 Å². The number of aryl methyl sites for hydroxylation is 1. The molecular formula is C14H14ClN3O. The SMILES string of the molecule is CCc1cn[nH]c1NC(=O)/C=C/c1ccccc1Cl. The number of H-pyrrole nitrogens is 1. The zero-order chi connectivity index (χ0) is 13.7. The summed E-state index contributed by atoms with van der Waals surface area (Å²) in [6, 6.07) is 7.34. The molecule has 1 heterocycles. The quantitative estimate of drug-likeness (QED) is 0.842. The number of carbonyl (C=O) groups is 1. The van der Waals surface area contributed by atoms with Crippen LogP contribution in [0.25, 0.3) is 6.08 Å². The molecule has 0 atom stereocenters. The van der Waals surface area contributed by atoms with Crippen LogP contribution in [0.4, 0.5) is 5.82 Å². The first-order chi connectivity index (χ1) is 9.20. The average molecular weight is 276 g/mol. The molecule has 1 amide bonds. The summed E-state index contributed by atoms with van der Waals surface area (Å²) in [4.78, 5) is 11.8. The number of hydrogen-bond donors (Lipinski definition) is 2. The van der Waals surface area contributed by atoms with Gasteiger partial charge in [0, 0.05) is 16.7 Å². The molecule has 0 spiro atoms. The van der Waals surface area contributed by atoms with Crippen molar-refractivity contribution in [3.05, 3.63) is 52.7 Å². The van der Waals surface area contributed by atoms with E-state index >= 15 is 0 Å². The number of nitrogens with one attached hydrogen (secondary N) is 2. The predicted octanol–water partition coefficient (Wildman–Crippen LogP) is 3.28. The van der Waals surface area contributed by atoms with E-state index in [-0.39, 0.29) is 5.91 Å². The van der Waals surface area contributed by atoms with Crippen molar-refractivity contribution in [3.63, 3.8) is 0 Å². The Morgan fingerprint density at radius 2 is 2.26 bits per heavy atom. The van der Waals surface area contributed by atoms with E-state index in [2.05, 4.69) is 15.5 Å². The van der Waals surface area contributed by atoms with E-state index < -0.39 is 0 Å². The summed E-state index contributed by atoms with van der Waals surface area (Å²) in [5.41, 5.74) is 1.78. The van der Waals surface area contributed by atoms with Gasteiger partial charge in [-0.25, -0.2) is 0 Å². The first kappa shape index (κ1) is 13.4. The average Bonchev–Trinajstić information content (AvgIpc) is 2.85. The van der Waals surface area contributed by atoms with E-state index in [1.54, 1.807) is 18.3 Å². The van der Waals surface area contributed by atoms with Crippen LogP contribution >= 0.6 is 11.6 Å². The molecule has 19 heavy (non-hydrogen) atoms. The number of benzene rings is 1. The minimum absolute atomic E-state index is 0.223. The maximum absolute atomic E-state index is 11.8. The summed E-state index contributed by atoms with van der Waals surface area (Å²) in [5.74, 6) is 0.412. The molecule has 2 rings (SSSR count). The lowest BCUT2D eigenvalue weighted by atomic mass is 10.2. The molecule has 0 aliphatic rings. The third kappa shape index (κ3) is 3.45. The maximum atomic E-state index is 11.8. The van der Waals surface area contributed by atoms with Gasteiger partial charge in [-0.15, -0.1) is 0 Å². The number of anilines is 1. The molecule has 1 aromatic heterocycles. The third-order valence-corrected chi connectivity index (χ3v) is 3.01. The Morgan fingerprint density at radius 3 is 3.00 bits per heavy atom. The van der Waals surface area contributed by atoms with Crippen LogP contribution in [0.3, 0.4) is 0 Å². The largest absolute Gasteiger partial charge is 0.307 e. The summed E-state index contributed by atoms with van der Waals surface area (Å²) < 4.78 is 0.